The van der Waals surface area contributed by atoms with Crippen molar-refractivity contribution in [3.05, 3.63) is 29.3 Å². The van der Waals surface area contributed by atoms with Crippen molar-refractivity contribution in [2.24, 2.45) is 5.92 Å². The molecule has 8 heteroatoms. The highest BCUT2D eigenvalue weighted by Gasteiger charge is 2.42. The van der Waals surface area contributed by atoms with Crippen LogP contribution in [0.4, 0.5) is 0 Å². The number of fused-ring (bicyclic) bond motifs is 5. The summed E-state index contributed by atoms with van der Waals surface area (Å²) in [6, 6.07) is 5.43. The molecule has 3 aliphatic heterocycles. The largest absolute Gasteiger partial charge is 0.347 e. The van der Waals surface area contributed by atoms with Crippen molar-refractivity contribution in [3.63, 3.8) is 0 Å². The molecule has 7 nitrogen and oxygen atoms in total. The van der Waals surface area contributed by atoms with Crippen LogP contribution in [-0.4, -0.2) is 77.2 Å². The van der Waals surface area contributed by atoms with E-state index in [4.69, 9.17) is 0 Å². The van der Waals surface area contributed by atoms with Crippen LogP contribution in [0.15, 0.2) is 23.7 Å². The van der Waals surface area contributed by atoms with Gasteiger partial charge in [-0.15, -0.1) is 11.3 Å². The summed E-state index contributed by atoms with van der Waals surface area (Å²) < 4.78 is 0.980. The second kappa shape index (κ2) is 6.92. The number of rotatable bonds is 3. The van der Waals surface area contributed by atoms with Crippen LogP contribution in [0.2, 0.25) is 0 Å². The first-order chi connectivity index (χ1) is 12.9. The molecule has 1 aromatic carbocycles. The van der Waals surface area contributed by atoms with Crippen molar-refractivity contribution in [2.75, 3.05) is 33.7 Å². The van der Waals surface area contributed by atoms with Gasteiger partial charge >= 0.3 is 0 Å². The summed E-state index contributed by atoms with van der Waals surface area (Å²) in [6.45, 7) is 0.978. The number of aromatic nitrogens is 1. The van der Waals surface area contributed by atoms with Crippen LogP contribution < -0.4 is 0 Å². The summed E-state index contributed by atoms with van der Waals surface area (Å²) in [5.74, 6) is -0.385. The molecule has 2 atom stereocenters. The Bertz CT molecular complexity index is 909. The standard InChI is InChI=1S/C19H22N4O3S/c1-21(2)17(24)10-23-14-5-3-13(19(23)26)8-22(9-14)18(25)12-4-6-15-16(7-12)27-11-20-15/h4,6-7,11,13-14H,3,5,8-10H2,1-2H3/t13-,14+/m0/s1. The molecule has 0 unspecified atom stereocenters. The monoisotopic (exact) mass is 386 g/mol. The van der Waals surface area contributed by atoms with Crippen LogP contribution in [0.1, 0.15) is 23.2 Å². The summed E-state index contributed by atoms with van der Waals surface area (Å²) in [7, 11) is 3.38. The molecule has 27 heavy (non-hydrogen) atoms. The number of hydrogen-bond donors (Lipinski definition) is 0. The maximum Gasteiger partial charge on any atom is 0.253 e. The maximum absolute atomic E-state index is 13.1. The first kappa shape index (κ1) is 17.9. The molecule has 3 saturated heterocycles. The fourth-order valence-corrected chi connectivity index (χ4v) is 4.59. The van der Waals surface area contributed by atoms with E-state index >= 15 is 0 Å². The van der Waals surface area contributed by atoms with E-state index in [0.29, 0.717) is 18.7 Å². The van der Waals surface area contributed by atoms with E-state index in [1.807, 2.05) is 12.1 Å². The number of benzene rings is 1. The molecule has 2 aromatic rings. The maximum atomic E-state index is 13.1. The van der Waals surface area contributed by atoms with Crippen molar-refractivity contribution < 1.29 is 14.4 Å². The fourth-order valence-electron chi connectivity index (χ4n) is 3.87. The topological polar surface area (TPSA) is 73.8 Å². The predicted molar refractivity (Wildman–Crippen MR) is 102 cm³/mol. The lowest BCUT2D eigenvalue weighted by Gasteiger charge is -2.35. The summed E-state index contributed by atoms with van der Waals surface area (Å²) >= 11 is 1.51. The summed E-state index contributed by atoms with van der Waals surface area (Å²) in [4.78, 5) is 47.2. The van der Waals surface area contributed by atoms with Gasteiger partial charge in [0.15, 0.2) is 0 Å². The number of carbonyl (C=O) groups excluding carboxylic acids is 3. The third-order valence-corrected chi connectivity index (χ3v) is 6.25. The van der Waals surface area contributed by atoms with E-state index in [-0.39, 0.29) is 36.2 Å². The molecule has 0 radical (unpaired) electrons. The Kier molecular flexibility index (Phi) is 4.59. The number of likely N-dealkylation sites (N-methyl/N-ethyl adjacent to an activating group) is 1. The van der Waals surface area contributed by atoms with Crippen molar-refractivity contribution >= 4 is 39.3 Å². The molecular formula is C19H22N4O3S. The van der Waals surface area contributed by atoms with Gasteiger partial charge < -0.3 is 14.7 Å². The third kappa shape index (κ3) is 3.29. The lowest BCUT2D eigenvalue weighted by Crippen LogP contribution is -2.51. The van der Waals surface area contributed by atoms with Crippen molar-refractivity contribution in [1.82, 2.24) is 19.7 Å². The molecule has 0 aliphatic carbocycles. The quantitative estimate of drug-likeness (QED) is 0.800. The SMILES string of the molecule is CN(C)C(=O)CN1C(=O)[C@H]2CC[C@@H]1CN(C(=O)c1ccc3ncsc3c1)C2. The van der Waals surface area contributed by atoms with Gasteiger partial charge in [0.2, 0.25) is 11.8 Å². The van der Waals surface area contributed by atoms with Gasteiger partial charge in [-0.05, 0) is 31.0 Å². The summed E-state index contributed by atoms with van der Waals surface area (Å²) in [5.41, 5.74) is 3.27. The number of amides is 3. The molecule has 0 N–H and O–H groups in total. The van der Waals surface area contributed by atoms with E-state index in [0.717, 1.165) is 23.1 Å². The molecule has 1 aromatic heterocycles. The van der Waals surface area contributed by atoms with Gasteiger partial charge in [-0.2, -0.15) is 0 Å². The Balaban J connectivity index is 1.56. The van der Waals surface area contributed by atoms with Crippen LogP contribution in [0.25, 0.3) is 10.2 Å². The molecular weight excluding hydrogens is 364 g/mol. The Morgan fingerprint density at radius 1 is 1.26 bits per heavy atom. The minimum absolute atomic E-state index is 0.00495. The van der Waals surface area contributed by atoms with E-state index in [1.54, 1.807) is 35.5 Å². The molecule has 2 bridgehead atoms. The third-order valence-electron chi connectivity index (χ3n) is 5.46. The average molecular weight is 386 g/mol. The van der Waals surface area contributed by atoms with Gasteiger partial charge in [-0.3, -0.25) is 14.4 Å². The second-order valence-corrected chi connectivity index (χ2v) is 8.31. The van der Waals surface area contributed by atoms with E-state index in [2.05, 4.69) is 4.98 Å². The van der Waals surface area contributed by atoms with Gasteiger partial charge in [0.1, 0.15) is 6.54 Å². The number of carbonyl (C=O) groups is 3. The van der Waals surface area contributed by atoms with Gasteiger partial charge in [-0.1, -0.05) is 0 Å². The lowest BCUT2D eigenvalue weighted by molar-refractivity contribution is -0.145. The number of hydrogen-bond acceptors (Lipinski definition) is 5. The van der Waals surface area contributed by atoms with Crippen molar-refractivity contribution in [2.45, 2.75) is 18.9 Å². The number of piperidine rings is 1. The van der Waals surface area contributed by atoms with Crippen LogP contribution >= 0.6 is 11.3 Å². The first-order valence-electron chi connectivity index (χ1n) is 9.07. The first-order valence-corrected chi connectivity index (χ1v) is 9.95. The molecule has 3 fully saturated rings. The van der Waals surface area contributed by atoms with Gasteiger partial charge in [0.25, 0.3) is 5.91 Å². The zero-order valence-electron chi connectivity index (χ0n) is 15.4. The Morgan fingerprint density at radius 2 is 2.07 bits per heavy atom. The minimum atomic E-state index is -0.227. The molecule has 3 aliphatic rings. The summed E-state index contributed by atoms with van der Waals surface area (Å²) in [6.07, 6.45) is 1.60. The predicted octanol–water partition coefficient (Wildman–Crippen LogP) is 1.45. The fraction of sp³-hybridized carbons (Fsp3) is 0.474. The molecule has 0 spiro atoms. The average Bonchev–Trinajstić information content (AvgIpc) is 2.96. The Hall–Kier alpha value is -2.48. The molecule has 142 valence electrons. The number of thiazole rings is 1. The van der Waals surface area contributed by atoms with E-state index in [1.165, 1.54) is 16.2 Å². The van der Waals surface area contributed by atoms with E-state index in [9.17, 15) is 14.4 Å². The second-order valence-electron chi connectivity index (χ2n) is 7.43. The van der Waals surface area contributed by atoms with E-state index < -0.39 is 0 Å². The van der Waals surface area contributed by atoms with Crippen LogP contribution in [-0.2, 0) is 9.59 Å². The van der Waals surface area contributed by atoms with Crippen molar-refractivity contribution in [3.8, 4) is 0 Å². The van der Waals surface area contributed by atoms with Gasteiger partial charge in [0, 0.05) is 38.8 Å². The zero-order valence-corrected chi connectivity index (χ0v) is 16.2. The van der Waals surface area contributed by atoms with Gasteiger partial charge in [0.05, 0.1) is 21.6 Å². The minimum Gasteiger partial charge on any atom is -0.347 e. The van der Waals surface area contributed by atoms with Crippen LogP contribution in [0.5, 0.6) is 0 Å². The van der Waals surface area contributed by atoms with Crippen LogP contribution in [0, 0.1) is 5.92 Å². The van der Waals surface area contributed by atoms with Crippen LogP contribution in [0.3, 0.4) is 0 Å². The highest BCUT2D eigenvalue weighted by molar-refractivity contribution is 7.16. The Morgan fingerprint density at radius 3 is 2.85 bits per heavy atom. The normalized spacial score (nSPS) is 22.2. The Labute approximate surface area is 161 Å². The van der Waals surface area contributed by atoms with Crippen molar-refractivity contribution in [1.29, 1.82) is 0 Å². The number of nitrogens with zero attached hydrogens (tertiary/aromatic N) is 4. The zero-order chi connectivity index (χ0) is 19.1. The molecule has 4 heterocycles. The molecule has 5 rings (SSSR count). The highest BCUT2D eigenvalue weighted by Crippen LogP contribution is 2.30. The highest BCUT2D eigenvalue weighted by atomic mass is 32.1. The smallest absolute Gasteiger partial charge is 0.253 e. The molecule has 3 amide bonds. The van der Waals surface area contributed by atoms with Gasteiger partial charge in [-0.25, -0.2) is 4.98 Å². The lowest BCUT2D eigenvalue weighted by atomic mass is 9.94. The summed E-state index contributed by atoms with van der Waals surface area (Å²) in [5, 5.41) is 0. The molecule has 0 saturated carbocycles.